The monoisotopic (exact) mass is 1200 g/mol. The van der Waals surface area contributed by atoms with Gasteiger partial charge in [-0.1, -0.05) is 130 Å². The average Bonchev–Trinajstić information content (AvgIpc) is 2.96. The second kappa shape index (κ2) is 30.1. The normalized spacial score (nSPS) is 25.5. The molecule has 0 saturated carbocycles. The zero-order valence-electron chi connectivity index (χ0n) is 53.3. The summed E-state index contributed by atoms with van der Waals surface area (Å²) in [6.07, 6.45) is 0.0219. The van der Waals surface area contributed by atoms with Crippen LogP contribution in [0.2, 0.25) is 0 Å². The molecule has 2 fully saturated rings. The topological polar surface area (TPSA) is 235 Å². The maximum atomic E-state index is 15.6. The molecule has 0 aliphatic carbocycles. The number of likely N-dealkylation sites (N-methyl/N-ethyl adjacent to an activating group) is 4. The molecule has 0 radical (unpaired) electrons. The lowest BCUT2D eigenvalue weighted by Gasteiger charge is -2.39. The van der Waals surface area contributed by atoms with Crippen molar-refractivity contribution < 1.29 is 53.0 Å². The third kappa shape index (κ3) is 17.1. The van der Waals surface area contributed by atoms with Crippen LogP contribution in [0.4, 0.5) is 0 Å². The van der Waals surface area contributed by atoms with Gasteiger partial charge in [-0.15, -0.1) is 11.3 Å². The summed E-state index contributed by atoms with van der Waals surface area (Å²) in [5.74, 6) is -8.72. The van der Waals surface area contributed by atoms with Crippen LogP contribution < -0.4 is 16.0 Å². The first-order valence-corrected chi connectivity index (χ1v) is 31.1. The van der Waals surface area contributed by atoms with Gasteiger partial charge in [0.05, 0.1) is 5.60 Å². The SMILES string of the molecule is CCC(C)[C@@H]1NC(=O)[C@@H]2CCCN2C(=O)[C@H](Cc2ccc(-c3ccc(C)s3)cc2)N(C)C(=O)[C@H](Cc2ccccc2)NC(=O)[C@H](C(C)C)N(C)C(=O)[C@@H](C(C)CC)OC(=O)[C@H](C(C)(C)O)N(C)C(=O)[C@H](CC(C)C)NC(=O)[C@H](C(C)C)N(C)C1=O. The maximum absolute atomic E-state index is 15.6. The molecule has 2 aliphatic heterocycles. The predicted octanol–water partition coefficient (Wildman–Crippen LogP) is 6.41. The fourth-order valence-electron chi connectivity index (χ4n) is 11.7. The minimum atomic E-state index is -1.98. The molecule has 8 amide bonds. The number of nitrogens with zero attached hydrogens (tertiary/aromatic N) is 5. The minimum Gasteiger partial charge on any atom is -0.450 e. The van der Waals surface area contributed by atoms with E-state index in [-0.39, 0.29) is 38.1 Å². The fraction of sp³-hybridized carbons (Fsp3) is 0.615. The summed E-state index contributed by atoms with van der Waals surface area (Å²) in [7, 11) is 5.70. The molecule has 3 aromatic rings. The van der Waals surface area contributed by atoms with Gasteiger partial charge in [0.1, 0.15) is 42.3 Å². The molecule has 2 aliphatic rings. The van der Waals surface area contributed by atoms with Crippen LogP contribution in [0.3, 0.4) is 0 Å². The van der Waals surface area contributed by atoms with Gasteiger partial charge in [0.15, 0.2) is 12.1 Å². The summed E-state index contributed by atoms with van der Waals surface area (Å²) >= 11 is 1.65. The Labute approximate surface area is 508 Å². The van der Waals surface area contributed by atoms with Crippen LogP contribution in [-0.4, -0.2) is 178 Å². The Kier molecular flexibility index (Phi) is 24.5. The van der Waals surface area contributed by atoms with E-state index in [9.17, 15) is 29.1 Å². The van der Waals surface area contributed by atoms with Crippen LogP contribution in [-0.2, 0) is 60.7 Å². The average molecular weight is 1200 g/mol. The van der Waals surface area contributed by atoms with E-state index in [1.54, 1.807) is 65.0 Å². The number of carbonyl (C=O) groups is 9. The number of thiophene rings is 1. The molecule has 1 aromatic heterocycles. The van der Waals surface area contributed by atoms with Crippen molar-refractivity contribution in [3.8, 4) is 10.4 Å². The molecule has 4 N–H and O–H groups in total. The number of nitrogens with one attached hydrogen (secondary N) is 3. The van der Waals surface area contributed by atoms with Gasteiger partial charge in [0.25, 0.3) is 5.91 Å². The quantitative estimate of drug-likeness (QED) is 0.129. The van der Waals surface area contributed by atoms with E-state index in [4.69, 9.17) is 4.74 Å². The van der Waals surface area contributed by atoms with Crippen molar-refractivity contribution in [3.63, 3.8) is 0 Å². The van der Waals surface area contributed by atoms with Crippen LogP contribution in [0.15, 0.2) is 66.7 Å². The lowest BCUT2D eigenvalue weighted by atomic mass is 9.93. The van der Waals surface area contributed by atoms with Crippen molar-refractivity contribution in [2.24, 2.45) is 29.6 Å². The third-order valence-corrected chi connectivity index (χ3v) is 18.0. The zero-order chi connectivity index (χ0) is 63.5. The van der Waals surface area contributed by atoms with Crippen molar-refractivity contribution in [2.45, 2.75) is 195 Å². The Morgan fingerprint density at radius 1 is 0.612 bits per heavy atom. The Bertz CT molecular complexity index is 2820. The molecule has 2 saturated heterocycles. The maximum Gasteiger partial charge on any atom is 0.332 e. The van der Waals surface area contributed by atoms with Gasteiger partial charge in [-0.2, -0.15) is 0 Å². The zero-order valence-corrected chi connectivity index (χ0v) is 54.1. The van der Waals surface area contributed by atoms with Crippen LogP contribution in [0.25, 0.3) is 10.4 Å². The van der Waals surface area contributed by atoms with E-state index in [0.29, 0.717) is 24.8 Å². The third-order valence-electron chi connectivity index (χ3n) is 16.9. The van der Waals surface area contributed by atoms with Gasteiger partial charge in [-0.05, 0) is 98.9 Å². The molecule has 3 heterocycles. The molecule has 20 heteroatoms. The molecule has 2 aromatic carbocycles. The van der Waals surface area contributed by atoms with Crippen molar-refractivity contribution in [1.29, 1.82) is 0 Å². The second-order valence-corrected chi connectivity index (χ2v) is 26.6. The molecule has 5 rings (SSSR count). The summed E-state index contributed by atoms with van der Waals surface area (Å²) in [5, 5.41) is 20.6. The standard InChI is InChI=1S/C65H96N8O11S/c1-18-40(9)51-62(80)70(15)52(38(5)6)57(75)66-46(34-37(3)4)60(78)72(17)55(65(12,13)83)64(82)84-54(41(10)19-2)63(81)71(16)53(39(7)8)58(76)67-47(35-43-24-21-20-22-25-43)59(77)69(14)49(61(79)73-33-23-26-48(73)56(74)68-51)36-44-28-30-45(31-29-44)50-32-27-42(11)85-50/h20-22,24-25,27-32,37-41,46-49,51-55,83H,18-19,23,26,33-36H2,1-17H3,(H,66,75)(H,67,76)(H,68,74)/t40?,41?,46-,47-,48-,49-,51-,52-,53-,54+,55+/m0/s1. The van der Waals surface area contributed by atoms with E-state index < -0.39 is 137 Å². The van der Waals surface area contributed by atoms with Gasteiger partial charge >= 0.3 is 5.97 Å². The van der Waals surface area contributed by atoms with Crippen LogP contribution in [0, 0.1) is 36.5 Å². The number of hydrogen-bond acceptors (Lipinski definition) is 12. The molecule has 0 bridgehead atoms. The van der Waals surface area contributed by atoms with E-state index in [0.717, 1.165) is 25.8 Å². The Balaban J connectivity index is 1.71. The lowest BCUT2D eigenvalue weighted by molar-refractivity contribution is -0.177. The summed E-state index contributed by atoms with van der Waals surface area (Å²) in [6, 6.07) is 10.7. The summed E-state index contributed by atoms with van der Waals surface area (Å²) in [4.78, 5) is 144. The Hall–Kier alpha value is -6.67. The highest BCUT2D eigenvalue weighted by atomic mass is 32.1. The Morgan fingerprint density at radius 2 is 1.15 bits per heavy atom. The number of hydrogen-bond donors (Lipinski definition) is 4. The molecule has 0 spiro atoms. The predicted molar refractivity (Wildman–Crippen MR) is 329 cm³/mol. The lowest BCUT2D eigenvalue weighted by Crippen LogP contribution is -2.63. The second-order valence-electron chi connectivity index (χ2n) is 25.3. The smallest absolute Gasteiger partial charge is 0.332 e. The highest BCUT2D eigenvalue weighted by Gasteiger charge is 2.48. The largest absolute Gasteiger partial charge is 0.450 e. The van der Waals surface area contributed by atoms with Gasteiger partial charge in [0.2, 0.25) is 41.4 Å². The molecule has 468 valence electrons. The van der Waals surface area contributed by atoms with Crippen molar-refractivity contribution in [1.82, 2.24) is 40.4 Å². The Morgan fingerprint density at radius 3 is 1.67 bits per heavy atom. The van der Waals surface area contributed by atoms with E-state index in [1.165, 1.54) is 61.6 Å². The number of rotatable bonds is 14. The number of amides is 8. The van der Waals surface area contributed by atoms with Crippen molar-refractivity contribution in [2.75, 3.05) is 34.7 Å². The molecular weight excluding hydrogens is 1100 g/mol. The number of ether oxygens (including phenoxy) is 1. The van der Waals surface area contributed by atoms with Gasteiger partial charge in [-0.25, -0.2) is 4.79 Å². The molecule has 19 nitrogen and oxygen atoms in total. The number of benzene rings is 2. The number of fused-ring (bicyclic) bond motifs is 1. The number of aryl methyl sites for hydroxylation is 1. The van der Waals surface area contributed by atoms with E-state index in [2.05, 4.69) is 16.0 Å². The number of esters is 1. The number of carbonyl (C=O) groups excluding carboxylic acids is 9. The van der Waals surface area contributed by atoms with Crippen molar-refractivity contribution >= 4 is 64.6 Å². The minimum absolute atomic E-state index is 0.0171. The number of aliphatic hydroxyl groups is 1. The summed E-state index contributed by atoms with van der Waals surface area (Å²) in [5.41, 5.74) is 0.405. The summed E-state index contributed by atoms with van der Waals surface area (Å²) < 4.78 is 6.12. The molecular formula is C65H96N8O11S. The van der Waals surface area contributed by atoms with Gasteiger partial charge in [-0.3, -0.25) is 38.4 Å². The summed E-state index contributed by atoms with van der Waals surface area (Å²) in [6.45, 7) is 22.7. The van der Waals surface area contributed by atoms with Crippen LogP contribution in [0.1, 0.15) is 131 Å². The first-order chi connectivity index (χ1) is 39.8. The number of cyclic esters (lactones) is 1. The fourth-order valence-corrected chi connectivity index (χ4v) is 12.6. The van der Waals surface area contributed by atoms with Crippen LogP contribution in [0.5, 0.6) is 0 Å². The molecule has 85 heavy (non-hydrogen) atoms. The van der Waals surface area contributed by atoms with Gasteiger partial charge in [0, 0.05) is 63.2 Å². The first-order valence-electron chi connectivity index (χ1n) is 30.2. The van der Waals surface area contributed by atoms with Crippen molar-refractivity contribution in [3.05, 3.63) is 82.7 Å². The van der Waals surface area contributed by atoms with E-state index >= 15 is 19.2 Å². The molecule has 11 atom stereocenters. The highest BCUT2D eigenvalue weighted by molar-refractivity contribution is 7.15. The molecule has 2 unspecified atom stereocenters. The van der Waals surface area contributed by atoms with Gasteiger partial charge < -0.3 is 50.3 Å². The first kappa shape index (κ1) is 69.1. The highest BCUT2D eigenvalue weighted by Crippen LogP contribution is 2.30. The van der Waals surface area contributed by atoms with Crippen LogP contribution >= 0.6 is 11.3 Å². The van der Waals surface area contributed by atoms with E-state index in [1.807, 2.05) is 89.2 Å².